The Morgan fingerprint density at radius 2 is 2.14 bits per heavy atom. The van der Waals surface area contributed by atoms with Crippen LogP contribution in [0, 0.1) is 13.8 Å². The topological polar surface area (TPSA) is 61.5 Å². The third-order valence-electron chi connectivity index (χ3n) is 2.19. The van der Waals surface area contributed by atoms with Crippen LogP contribution >= 0.6 is 0 Å². The molecule has 0 bridgehead atoms. The maximum absolute atomic E-state index is 11.6. The Kier molecular flexibility index (Phi) is 1.96. The highest BCUT2D eigenvalue weighted by molar-refractivity contribution is 5.52. The smallest absolute Gasteiger partial charge is 0.276 e. The Balaban J connectivity index is 2.66. The lowest BCUT2D eigenvalue weighted by molar-refractivity contribution is 1.01. The molecule has 0 aromatic carbocycles. The van der Waals surface area contributed by atoms with Crippen LogP contribution in [0.15, 0.2) is 23.1 Å². The Labute approximate surface area is 81.0 Å². The molecule has 0 fully saturated rings. The quantitative estimate of drug-likeness (QED) is 0.712. The number of aryl methyl sites for hydroxylation is 2. The first-order valence-corrected chi connectivity index (χ1v) is 4.40. The van der Waals surface area contributed by atoms with Crippen LogP contribution in [-0.4, -0.2) is 15.0 Å². The highest BCUT2D eigenvalue weighted by Crippen LogP contribution is 2.10. The van der Waals surface area contributed by atoms with Gasteiger partial charge >= 0.3 is 0 Å². The molecule has 14 heavy (non-hydrogen) atoms. The largest absolute Gasteiger partial charge is 0.360 e. The Morgan fingerprint density at radius 1 is 1.36 bits per heavy atom. The molecule has 4 nitrogen and oxygen atoms in total. The van der Waals surface area contributed by atoms with Crippen molar-refractivity contribution in [3.8, 4) is 11.4 Å². The Bertz CT molecular complexity index is 497. The van der Waals surface area contributed by atoms with Crippen LogP contribution in [0.1, 0.15) is 11.4 Å². The van der Waals surface area contributed by atoms with Crippen molar-refractivity contribution in [1.29, 1.82) is 0 Å². The molecule has 0 saturated heterocycles. The molecule has 0 unspecified atom stereocenters. The maximum atomic E-state index is 11.6. The van der Waals surface area contributed by atoms with Gasteiger partial charge in [-0.2, -0.15) is 0 Å². The van der Waals surface area contributed by atoms with Crippen molar-refractivity contribution in [2.45, 2.75) is 13.8 Å². The van der Waals surface area contributed by atoms with Gasteiger partial charge in [0.15, 0.2) is 5.69 Å². The minimum Gasteiger partial charge on any atom is -0.360 e. The lowest BCUT2D eigenvalue weighted by Gasteiger charge is -2.01. The van der Waals surface area contributed by atoms with Gasteiger partial charge in [0.05, 0.1) is 11.4 Å². The van der Waals surface area contributed by atoms with Crippen LogP contribution in [0.3, 0.4) is 0 Å². The van der Waals surface area contributed by atoms with Gasteiger partial charge in [-0.25, -0.2) is 4.98 Å². The minimum absolute atomic E-state index is 0.157. The second-order valence-corrected chi connectivity index (χ2v) is 3.21. The summed E-state index contributed by atoms with van der Waals surface area (Å²) in [6.07, 6.45) is 1.77. The summed E-state index contributed by atoms with van der Waals surface area (Å²) in [6.45, 7) is 3.71. The van der Waals surface area contributed by atoms with Gasteiger partial charge < -0.3 is 9.97 Å². The summed E-state index contributed by atoms with van der Waals surface area (Å²) >= 11 is 0. The molecular weight excluding hydrogens is 178 g/mol. The van der Waals surface area contributed by atoms with E-state index in [1.165, 1.54) is 0 Å². The van der Waals surface area contributed by atoms with E-state index in [2.05, 4.69) is 15.0 Å². The molecule has 0 radical (unpaired) electrons. The summed E-state index contributed by atoms with van der Waals surface area (Å²) in [4.78, 5) is 21.5. The predicted octanol–water partition coefficient (Wildman–Crippen LogP) is 1.38. The van der Waals surface area contributed by atoms with E-state index >= 15 is 0 Å². The number of H-pyrrole nitrogens is 2. The molecule has 0 atom stereocenters. The van der Waals surface area contributed by atoms with E-state index in [1.54, 1.807) is 6.20 Å². The van der Waals surface area contributed by atoms with Crippen molar-refractivity contribution < 1.29 is 0 Å². The van der Waals surface area contributed by atoms with E-state index in [-0.39, 0.29) is 5.56 Å². The fourth-order valence-electron chi connectivity index (χ4n) is 1.28. The highest BCUT2D eigenvalue weighted by Gasteiger charge is 2.07. The second kappa shape index (κ2) is 3.14. The number of aromatic nitrogens is 3. The van der Waals surface area contributed by atoms with Crippen molar-refractivity contribution in [2.75, 3.05) is 0 Å². The number of nitrogens with zero attached hydrogens (tertiary/aromatic N) is 1. The molecule has 2 aromatic rings. The molecular formula is C10H11N3O. The van der Waals surface area contributed by atoms with Gasteiger partial charge in [-0.05, 0) is 26.0 Å². The number of rotatable bonds is 1. The van der Waals surface area contributed by atoms with E-state index in [0.717, 1.165) is 17.1 Å². The molecule has 0 aliphatic carbocycles. The van der Waals surface area contributed by atoms with Crippen molar-refractivity contribution in [1.82, 2.24) is 15.0 Å². The van der Waals surface area contributed by atoms with E-state index in [0.29, 0.717) is 5.69 Å². The third-order valence-corrected chi connectivity index (χ3v) is 2.19. The van der Waals surface area contributed by atoms with Gasteiger partial charge in [-0.3, -0.25) is 4.79 Å². The van der Waals surface area contributed by atoms with Gasteiger partial charge in [-0.15, -0.1) is 0 Å². The van der Waals surface area contributed by atoms with E-state index in [4.69, 9.17) is 0 Å². The molecule has 0 amide bonds. The van der Waals surface area contributed by atoms with Gasteiger partial charge in [-0.1, -0.05) is 0 Å². The van der Waals surface area contributed by atoms with Crippen molar-refractivity contribution in [3.63, 3.8) is 0 Å². The van der Waals surface area contributed by atoms with Gasteiger partial charge in [0.2, 0.25) is 0 Å². The second-order valence-electron chi connectivity index (χ2n) is 3.21. The number of hydrogen-bond donors (Lipinski definition) is 2. The SMILES string of the molecule is Cc1nc(-c2ccc[nH]2)c(=O)[nH]c1C. The molecule has 0 saturated carbocycles. The lowest BCUT2D eigenvalue weighted by Crippen LogP contribution is -2.14. The van der Waals surface area contributed by atoms with Crippen LogP contribution < -0.4 is 5.56 Å². The van der Waals surface area contributed by atoms with Crippen molar-refractivity contribution in [3.05, 3.63) is 40.1 Å². The molecule has 2 heterocycles. The van der Waals surface area contributed by atoms with Gasteiger partial charge in [0.25, 0.3) is 5.56 Å². The average molecular weight is 189 g/mol. The van der Waals surface area contributed by atoms with E-state index in [9.17, 15) is 4.79 Å². The maximum Gasteiger partial charge on any atom is 0.276 e. The standard InChI is InChI=1S/C10H11N3O/c1-6-7(2)13-10(14)9(12-6)8-4-3-5-11-8/h3-5,11H,1-2H3,(H,13,14). The third kappa shape index (κ3) is 1.35. The van der Waals surface area contributed by atoms with E-state index < -0.39 is 0 Å². The lowest BCUT2D eigenvalue weighted by atomic mass is 10.3. The zero-order chi connectivity index (χ0) is 10.1. The summed E-state index contributed by atoms with van der Waals surface area (Å²) < 4.78 is 0. The first-order valence-electron chi connectivity index (χ1n) is 4.40. The molecule has 72 valence electrons. The monoisotopic (exact) mass is 189 g/mol. The summed E-state index contributed by atoms with van der Waals surface area (Å²) in [5.41, 5.74) is 2.68. The zero-order valence-corrected chi connectivity index (χ0v) is 8.09. The van der Waals surface area contributed by atoms with Gasteiger partial charge in [0.1, 0.15) is 0 Å². The first kappa shape index (κ1) is 8.74. The van der Waals surface area contributed by atoms with Crippen LogP contribution in [0.2, 0.25) is 0 Å². The Hall–Kier alpha value is -1.84. The predicted molar refractivity (Wildman–Crippen MR) is 54.1 cm³/mol. The molecule has 4 heteroatoms. The molecule has 0 aliphatic heterocycles. The average Bonchev–Trinajstić information content (AvgIpc) is 2.64. The summed E-state index contributed by atoms with van der Waals surface area (Å²) in [6, 6.07) is 3.66. The fourth-order valence-corrected chi connectivity index (χ4v) is 1.28. The van der Waals surface area contributed by atoms with Crippen LogP contribution in [-0.2, 0) is 0 Å². The normalized spacial score (nSPS) is 10.4. The minimum atomic E-state index is -0.157. The number of aromatic amines is 2. The van der Waals surface area contributed by atoms with Gasteiger partial charge in [0, 0.05) is 11.9 Å². The zero-order valence-electron chi connectivity index (χ0n) is 8.09. The van der Waals surface area contributed by atoms with Crippen LogP contribution in [0.4, 0.5) is 0 Å². The first-order chi connectivity index (χ1) is 6.68. The summed E-state index contributed by atoms with van der Waals surface area (Å²) in [7, 11) is 0. The fraction of sp³-hybridized carbons (Fsp3) is 0.200. The summed E-state index contributed by atoms with van der Waals surface area (Å²) in [5, 5.41) is 0. The van der Waals surface area contributed by atoms with Crippen LogP contribution in [0.25, 0.3) is 11.4 Å². The highest BCUT2D eigenvalue weighted by atomic mass is 16.1. The number of hydrogen-bond acceptors (Lipinski definition) is 2. The molecule has 2 rings (SSSR count). The van der Waals surface area contributed by atoms with E-state index in [1.807, 2.05) is 26.0 Å². The molecule has 0 spiro atoms. The molecule has 0 aliphatic rings. The molecule has 2 N–H and O–H groups in total. The van der Waals surface area contributed by atoms with Crippen molar-refractivity contribution in [2.24, 2.45) is 0 Å². The molecule has 2 aromatic heterocycles. The Morgan fingerprint density at radius 3 is 2.79 bits per heavy atom. The summed E-state index contributed by atoms with van der Waals surface area (Å²) in [5.74, 6) is 0. The number of nitrogens with one attached hydrogen (secondary N) is 2. The van der Waals surface area contributed by atoms with Crippen molar-refractivity contribution >= 4 is 0 Å². The van der Waals surface area contributed by atoms with Crippen LogP contribution in [0.5, 0.6) is 0 Å².